The Morgan fingerprint density at radius 2 is 1.92 bits per heavy atom. The number of hydrogen-bond acceptors (Lipinski definition) is 9. The van der Waals surface area contributed by atoms with Gasteiger partial charge in [-0.2, -0.15) is 0 Å². The van der Waals surface area contributed by atoms with E-state index in [-0.39, 0.29) is 24.0 Å². The number of nitrogens with zero attached hydrogens (tertiary/aromatic N) is 1. The monoisotopic (exact) mass is 517 g/mol. The van der Waals surface area contributed by atoms with Gasteiger partial charge in [-0.25, -0.2) is 0 Å². The molecule has 5 rings (SSSR count). The molecule has 1 aromatic rings. The molecule has 1 aromatic carbocycles. The number of aromatic hydroxyl groups is 1. The number of phenolic OH excluding ortho intramolecular Hbond substituents is 1. The minimum absolute atomic E-state index is 0.0211. The second-order valence-electron chi connectivity index (χ2n) is 11.4. The molecule has 2 aliphatic carbocycles. The minimum Gasteiger partial charge on any atom is -0.504 e. The zero-order valence-corrected chi connectivity index (χ0v) is 21.9. The molecule has 1 spiro atoms. The van der Waals surface area contributed by atoms with Gasteiger partial charge in [0.25, 0.3) is 0 Å². The lowest BCUT2D eigenvalue weighted by Crippen LogP contribution is -2.85. The molecule has 3 N–H and O–H groups in total. The maximum absolute atomic E-state index is 13.1. The van der Waals surface area contributed by atoms with Crippen LogP contribution in [0.25, 0.3) is 0 Å². The molecule has 9 heteroatoms. The predicted octanol–water partition coefficient (Wildman–Crippen LogP) is 2.18. The van der Waals surface area contributed by atoms with Crippen molar-refractivity contribution in [3.63, 3.8) is 0 Å². The molecule has 0 amide bonds. The summed E-state index contributed by atoms with van der Waals surface area (Å²) in [5.41, 5.74) is -1.06. The van der Waals surface area contributed by atoms with Crippen molar-refractivity contribution in [2.75, 3.05) is 20.2 Å². The van der Waals surface area contributed by atoms with E-state index in [2.05, 4.69) is 4.90 Å². The number of aryl methyl sites for hydroxylation is 1. The average Bonchev–Trinajstić information content (AvgIpc) is 2.85. The van der Waals surface area contributed by atoms with Gasteiger partial charge in [0.2, 0.25) is 0 Å². The number of aliphatic hydroxyl groups excluding tert-OH is 1. The minimum atomic E-state index is -1.24. The van der Waals surface area contributed by atoms with Crippen molar-refractivity contribution in [3.05, 3.63) is 23.8 Å². The van der Waals surface area contributed by atoms with Crippen LogP contribution in [0.15, 0.2) is 18.2 Å². The fraction of sp³-hybridized carbons (Fsp3) is 0.714. The summed E-state index contributed by atoms with van der Waals surface area (Å²) in [7, 11) is 1.46. The molecule has 9 nitrogen and oxygen atoms in total. The van der Waals surface area contributed by atoms with E-state index in [1.54, 1.807) is 12.1 Å². The number of carbonyl (C=O) groups is 2. The van der Waals surface area contributed by atoms with Gasteiger partial charge in [-0.3, -0.25) is 14.5 Å². The van der Waals surface area contributed by atoms with Crippen molar-refractivity contribution in [2.24, 2.45) is 17.8 Å². The van der Waals surface area contributed by atoms with Gasteiger partial charge >= 0.3 is 11.9 Å². The molecule has 4 aliphatic rings. The highest BCUT2D eigenvalue weighted by Crippen LogP contribution is 2.63. The molecule has 2 heterocycles. The summed E-state index contributed by atoms with van der Waals surface area (Å²) in [5.74, 6) is -1.60. The van der Waals surface area contributed by atoms with Gasteiger partial charge in [0.15, 0.2) is 11.5 Å². The SMILES string of the molecule is COc1cc(CCC(=O)O[C@@H]2[C@@H](O)[C@H]3CCCN4CCC[C@]5(O)[C@H]2[C@@H](OC(C)=O)[C@H](C)C[C@@]345)ccc1O. The lowest BCUT2D eigenvalue weighted by molar-refractivity contribution is -0.328. The van der Waals surface area contributed by atoms with Gasteiger partial charge < -0.3 is 29.5 Å². The first-order valence-electron chi connectivity index (χ1n) is 13.5. The van der Waals surface area contributed by atoms with E-state index in [1.165, 1.54) is 20.1 Å². The molecule has 0 radical (unpaired) electrons. The molecular weight excluding hydrogens is 478 g/mol. The zero-order valence-electron chi connectivity index (χ0n) is 21.9. The second-order valence-corrected chi connectivity index (χ2v) is 11.4. The average molecular weight is 518 g/mol. The van der Waals surface area contributed by atoms with Gasteiger partial charge in [0, 0.05) is 19.3 Å². The highest BCUT2D eigenvalue weighted by Gasteiger charge is 2.75. The molecule has 37 heavy (non-hydrogen) atoms. The fourth-order valence-electron chi connectivity index (χ4n) is 8.19. The summed E-state index contributed by atoms with van der Waals surface area (Å²) in [6.45, 7) is 5.11. The van der Waals surface area contributed by atoms with Crippen LogP contribution in [-0.2, 0) is 25.5 Å². The van der Waals surface area contributed by atoms with Crippen LogP contribution in [-0.4, -0.2) is 81.8 Å². The number of rotatable bonds is 6. The summed E-state index contributed by atoms with van der Waals surface area (Å²) in [6.07, 6.45) is 1.41. The first kappa shape index (κ1) is 26.3. The standard InChI is InChI=1S/C28H39NO8/c1-16-15-27-19-6-4-12-29(27)13-5-11-28(27,34)23(25(16)36-17(2)30)26(24(19)33)37-22(32)10-8-18-7-9-20(31)21(14-18)35-3/h7,9,14,16,19,23-26,31,33-34H,4-6,8,10-13,15H2,1-3H3/t16-,19-,23+,24+,25+,26+,27+,28+/m1/s1. The van der Waals surface area contributed by atoms with Crippen LogP contribution < -0.4 is 4.74 Å². The predicted molar refractivity (Wildman–Crippen MR) is 133 cm³/mol. The highest BCUT2D eigenvalue weighted by molar-refractivity contribution is 5.70. The van der Waals surface area contributed by atoms with E-state index in [0.29, 0.717) is 25.0 Å². The van der Waals surface area contributed by atoms with Crippen molar-refractivity contribution < 1.29 is 39.1 Å². The molecule has 8 atom stereocenters. The Morgan fingerprint density at radius 3 is 2.65 bits per heavy atom. The van der Waals surface area contributed by atoms with E-state index < -0.39 is 47.3 Å². The Labute approximate surface area is 217 Å². The molecule has 2 saturated carbocycles. The van der Waals surface area contributed by atoms with Gasteiger partial charge in [-0.05, 0) is 75.2 Å². The van der Waals surface area contributed by atoms with Crippen LogP contribution in [0, 0.1) is 17.8 Å². The maximum atomic E-state index is 13.1. The molecular formula is C28H39NO8. The third-order valence-electron chi connectivity index (χ3n) is 9.49. The first-order chi connectivity index (χ1) is 17.6. The number of ether oxygens (including phenoxy) is 3. The Kier molecular flexibility index (Phi) is 6.92. The van der Waals surface area contributed by atoms with Crippen molar-refractivity contribution in [2.45, 2.75) is 88.2 Å². The topological polar surface area (TPSA) is 126 Å². The van der Waals surface area contributed by atoms with E-state index >= 15 is 0 Å². The molecule has 0 aromatic heterocycles. The van der Waals surface area contributed by atoms with Crippen LogP contribution in [0.3, 0.4) is 0 Å². The molecule has 4 fully saturated rings. The normalized spacial score (nSPS) is 38.8. The smallest absolute Gasteiger partial charge is 0.306 e. The van der Waals surface area contributed by atoms with E-state index in [1.807, 2.05) is 6.92 Å². The number of carbonyl (C=O) groups excluding carboxylic acids is 2. The Hall–Kier alpha value is -2.36. The van der Waals surface area contributed by atoms with Crippen LogP contribution in [0.1, 0.15) is 57.9 Å². The van der Waals surface area contributed by atoms with Crippen LogP contribution in [0.4, 0.5) is 0 Å². The lowest BCUT2D eigenvalue weighted by Gasteiger charge is -2.72. The van der Waals surface area contributed by atoms with E-state index in [0.717, 1.165) is 37.9 Å². The number of methoxy groups -OCH3 is 1. The summed E-state index contributed by atoms with van der Waals surface area (Å²) in [6, 6.07) is 4.91. The third kappa shape index (κ3) is 4.10. The number of aliphatic hydroxyl groups is 2. The second kappa shape index (κ2) is 9.75. The zero-order chi connectivity index (χ0) is 26.5. The quantitative estimate of drug-likeness (QED) is 0.487. The summed E-state index contributed by atoms with van der Waals surface area (Å²) in [5, 5.41) is 34.0. The molecule has 2 bridgehead atoms. The largest absolute Gasteiger partial charge is 0.504 e. The number of hydrogen-bond donors (Lipinski definition) is 3. The summed E-state index contributed by atoms with van der Waals surface area (Å²) in [4.78, 5) is 27.6. The summed E-state index contributed by atoms with van der Waals surface area (Å²) >= 11 is 0. The van der Waals surface area contributed by atoms with Crippen LogP contribution in [0.5, 0.6) is 11.5 Å². The van der Waals surface area contributed by atoms with E-state index in [9.17, 15) is 24.9 Å². The van der Waals surface area contributed by atoms with E-state index in [4.69, 9.17) is 14.2 Å². The van der Waals surface area contributed by atoms with Gasteiger partial charge in [-0.15, -0.1) is 0 Å². The first-order valence-corrected chi connectivity index (χ1v) is 13.5. The number of esters is 2. The van der Waals surface area contributed by atoms with Crippen LogP contribution >= 0.6 is 0 Å². The van der Waals surface area contributed by atoms with Gasteiger partial charge in [-0.1, -0.05) is 13.0 Å². The maximum Gasteiger partial charge on any atom is 0.306 e. The van der Waals surface area contributed by atoms with Crippen molar-refractivity contribution in [3.8, 4) is 11.5 Å². The van der Waals surface area contributed by atoms with Gasteiger partial charge in [0.1, 0.15) is 12.2 Å². The Balaban J connectivity index is 1.44. The summed E-state index contributed by atoms with van der Waals surface area (Å²) < 4.78 is 17.0. The van der Waals surface area contributed by atoms with Crippen molar-refractivity contribution >= 4 is 11.9 Å². The number of phenols is 1. The van der Waals surface area contributed by atoms with Crippen LogP contribution in [0.2, 0.25) is 0 Å². The molecule has 2 saturated heterocycles. The number of benzene rings is 1. The Bertz CT molecular complexity index is 1050. The molecule has 204 valence electrons. The van der Waals surface area contributed by atoms with Gasteiger partial charge in [0.05, 0.1) is 30.3 Å². The van der Waals surface area contributed by atoms with Crippen molar-refractivity contribution in [1.29, 1.82) is 0 Å². The van der Waals surface area contributed by atoms with Crippen molar-refractivity contribution in [1.82, 2.24) is 4.90 Å². The fourth-order valence-corrected chi connectivity index (χ4v) is 8.19. The molecule has 2 aliphatic heterocycles. The lowest BCUT2D eigenvalue weighted by atomic mass is 9.44. The molecule has 0 unspecified atom stereocenters. The Morgan fingerprint density at radius 1 is 1.16 bits per heavy atom. The third-order valence-corrected chi connectivity index (χ3v) is 9.49. The highest BCUT2D eigenvalue weighted by atomic mass is 16.6. The number of piperidine rings is 2.